The number of fused-ring (bicyclic) bond motifs is 1. The van der Waals surface area contributed by atoms with Gasteiger partial charge in [0.05, 0.1) is 6.10 Å². The number of aliphatic hydroxyl groups excluding tert-OH is 1. The summed E-state index contributed by atoms with van der Waals surface area (Å²) in [5.74, 6) is 0. The Morgan fingerprint density at radius 2 is 2.23 bits per heavy atom. The monoisotopic (exact) mass is 178 g/mol. The minimum atomic E-state index is 0.217. The summed E-state index contributed by atoms with van der Waals surface area (Å²) in [6.07, 6.45) is 2.04. The Bertz CT molecular complexity index is 283. The molecule has 2 nitrogen and oxygen atoms in total. The summed E-state index contributed by atoms with van der Waals surface area (Å²) < 4.78 is 5.58. The first-order valence-corrected chi connectivity index (χ1v) is 4.72. The van der Waals surface area contributed by atoms with Gasteiger partial charge in [0, 0.05) is 19.6 Å². The van der Waals surface area contributed by atoms with Crippen molar-refractivity contribution in [2.45, 2.75) is 18.9 Å². The van der Waals surface area contributed by atoms with E-state index in [1.54, 1.807) is 0 Å². The number of hydrogen-bond donors (Lipinski definition) is 1. The molecule has 1 aliphatic carbocycles. The highest BCUT2D eigenvalue weighted by Gasteiger charge is 2.25. The highest BCUT2D eigenvalue weighted by molar-refractivity contribution is 5.37. The third-order valence-electron chi connectivity index (χ3n) is 2.43. The van der Waals surface area contributed by atoms with E-state index in [1.165, 1.54) is 11.1 Å². The van der Waals surface area contributed by atoms with Crippen molar-refractivity contribution >= 4 is 0 Å². The third-order valence-corrected chi connectivity index (χ3v) is 2.43. The van der Waals surface area contributed by atoms with Gasteiger partial charge >= 0.3 is 0 Å². The summed E-state index contributed by atoms with van der Waals surface area (Å²) in [6, 6.07) is 8.35. The summed E-state index contributed by atoms with van der Waals surface area (Å²) in [7, 11) is 0. The molecule has 1 aliphatic rings. The van der Waals surface area contributed by atoms with Crippen LogP contribution in [0.1, 0.15) is 23.7 Å². The molecule has 1 N–H and O–H groups in total. The first-order valence-electron chi connectivity index (χ1n) is 4.72. The van der Waals surface area contributed by atoms with Crippen LogP contribution in [0.2, 0.25) is 0 Å². The molecule has 0 heterocycles. The lowest BCUT2D eigenvalue weighted by atomic mass is 9.85. The molecule has 0 aliphatic heterocycles. The molecule has 70 valence electrons. The molecule has 1 unspecified atom stereocenters. The van der Waals surface area contributed by atoms with Gasteiger partial charge in [-0.05, 0) is 17.5 Å². The molecule has 2 rings (SSSR count). The van der Waals surface area contributed by atoms with Gasteiger partial charge in [-0.25, -0.2) is 0 Å². The third kappa shape index (κ3) is 1.74. The van der Waals surface area contributed by atoms with E-state index >= 15 is 0 Å². The van der Waals surface area contributed by atoms with Gasteiger partial charge < -0.3 is 9.84 Å². The van der Waals surface area contributed by atoms with Crippen molar-refractivity contribution in [3.05, 3.63) is 35.4 Å². The van der Waals surface area contributed by atoms with Crippen LogP contribution >= 0.6 is 0 Å². The summed E-state index contributed by atoms with van der Waals surface area (Å²) in [4.78, 5) is 0. The summed E-state index contributed by atoms with van der Waals surface area (Å²) in [5, 5.41) is 8.59. The van der Waals surface area contributed by atoms with Crippen molar-refractivity contribution in [1.29, 1.82) is 0 Å². The van der Waals surface area contributed by atoms with Crippen LogP contribution in [0, 0.1) is 0 Å². The van der Waals surface area contributed by atoms with Crippen LogP contribution in [-0.4, -0.2) is 18.3 Å². The van der Waals surface area contributed by atoms with E-state index in [9.17, 15) is 0 Å². The topological polar surface area (TPSA) is 29.5 Å². The molecule has 1 atom stereocenters. The van der Waals surface area contributed by atoms with E-state index < -0.39 is 0 Å². The SMILES string of the molecule is OCCCOC1Cc2ccccc21. The molecule has 0 aromatic heterocycles. The smallest absolute Gasteiger partial charge is 0.0868 e. The van der Waals surface area contributed by atoms with Crippen LogP contribution in [0.3, 0.4) is 0 Å². The number of rotatable bonds is 4. The van der Waals surface area contributed by atoms with Crippen LogP contribution in [0.15, 0.2) is 24.3 Å². The quantitative estimate of drug-likeness (QED) is 0.711. The van der Waals surface area contributed by atoms with Gasteiger partial charge in [0.25, 0.3) is 0 Å². The van der Waals surface area contributed by atoms with Gasteiger partial charge in [0.1, 0.15) is 0 Å². The molecular formula is C11H14O2. The molecule has 1 aromatic rings. The lowest BCUT2D eigenvalue weighted by Crippen LogP contribution is -2.20. The van der Waals surface area contributed by atoms with Crippen molar-refractivity contribution < 1.29 is 9.84 Å². The number of ether oxygens (including phenoxy) is 1. The molecule has 2 heteroatoms. The van der Waals surface area contributed by atoms with Crippen LogP contribution in [0.5, 0.6) is 0 Å². The fraction of sp³-hybridized carbons (Fsp3) is 0.455. The van der Waals surface area contributed by atoms with Gasteiger partial charge in [0.15, 0.2) is 0 Å². The Morgan fingerprint density at radius 3 is 3.00 bits per heavy atom. The number of aliphatic hydroxyl groups is 1. The molecule has 0 bridgehead atoms. The standard InChI is InChI=1S/C11H14O2/c12-6-3-7-13-11-8-9-4-1-2-5-10(9)11/h1-2,4-5,11-12H,3,6-8H2. The van der Waals surface area contributed by atoms with E-state index in [0.717, 1.165) is 12.8 Å². The second-order valence-corrected chi connectivity index (χ2v) is 3.34. The summed E-state index contributed by atoms with van der Waals surface area (Å²) in [5.41, 5.74) is 2.72. The Labute approximate surface area is 78.2 Å². The van der Waals surface area contributed by atoms with Crippen molar-refractivity contribution in [3.63, 3.8) is 0 Å². The zero-order valence-electron chi connectivity index (χ0n) is 7.57. The molecule has 0 spiro atoms. The van der Waals surface area contributed by atoms with E-state index in [1.807, 2.05) is 6.07 Å². The van der Waals surface area contributed by atoms with Crippen LogP contribution in [0.4, 0.5) is 0 Å². The molecule has 0 amide bonds. The second kappa shape index (κ2) is 3.90. The van der Waals surface area contributed by atoms with Crippen molar-refractivity contribution in [2.75, 3.05) is 13.2 Å². The highest BCUT2D eigenvalue weighted by atomic mass is 16.5. The maximum absolute atomic E-state index is 8.59. The van der Waals surface area contributed by atoms with E-state index in [4.69, 9.17) is 9.84 Å². The normalized spacial score (nSPS) is 19.3. The van der Waals surface area contributed by atoms with Crippen molar-refractivity contribution in [1.82, 2.24) is 0 Å². The molecule has 0 radical (unpaired) electrons. The van der Waals surface area contributed by atoms with Crippen LogP contribution in [0.25, 0.3) is 0 Å². The zero-order chi connectivity index (χ0) is 9.10. The molecule has 0 saturated carbocycles. The van der Waals surface area contributed by atoms with E-state index in [2.05, 4.69) is 18.2 Å². The lowest BCUT2D eigenvalue weighted by molar-refractivity contribution is 0.0289. The van der Waals surface area contributed by atoms with Crippen LogP contribution in [-0.2, 0) is 11.2 Å². The van der Waals surface area contributed by atoms with Gasteiger partial charge in [-0.3, -0.25) is 0 Å². The Balaban J connectivity index is 1.87. The minimum absolute atomic E-state index is 0.217. The Kier molecular flexibility index (Phi) is 2.62. The number of hydrogen-bond acceptors (Lipinski definition) is 2. The van der Waals surface area contributed by atoms with Gasteiger partial charge in [-0.1, -0.05) is 24.3 Å². The maximum Gasteiger partial charge on any atom is 0.0868 e. The average molecular weight is 178 g/mol. The highest BCUT2D eigenvalue weighted by Crippen LogP contribution is 2.35. The Morgan fingerprint density at radius 1 is 1.38 bits per heavy atom. The maximum atomic E-state index is 8.59. The predicted octanol–water partition coefficient (Wildman–Crippen LogP) is 1.68. The first-order chi connectivity index (χ1) is 6.42. The first kappa shape index (κ1) is 8.73. The number of benzene rings is 1. The molecule has 13 heavy (non-hydrogen) atoms. The lowest BCUT2D eigenvalue weighted by Gasteiger charge is -2.29. The minimum Gasteiger partial charge on any atom is -0.396 e. The molecule has 0 saturated heterocycles. The largest absolute Gasteiger partial charge is 0.396 e. The molecular weight excluding hydrogens is 164 g/mol. The van der Waals surface area contributed by atoms with E-state index in [-0.39, 0.29) is 12.7 Å². The fourth-order valence-corrected chi connectivity index (χ4v) is 1.65. The Hall–Kier alpha value is -0.860. The van der Waals surface area contributed by atoms with Crippen molar-refractivity contribution in [2.24, 2.45) is 0 Å². The van der Waals surface area contributed by atoms with E-state index in [0.29, 0.717) is 6.61 Å². The summed E-state index contributed by atoms with van der Waals surface area (Å²) in [6.45, 7) is 0.879. The second-order valence-electron chi connectivity index (χ2n) is 3.34. The molecule has 1 aromatic carbocycles. The molecule has 0 fully saturated rings. The van der Waals surface area contributed by atoms with Gasteiger partial charge in [-0.15, -0.1) is 0 Å². The van der Waals surface area contributed by atoms with Crippen molar-refractivity contribution in [3.8, 4) is 0 Å². The van der Waals surface area contributed by atoms with Gasteiger partial charge in [-0.2, -0.15) is 0 Å². The van der Waals surface area contributed by atoms with Crippen LogP contribution < -0.4 is 0 Å². The average Bonchev–Trinajstić information content (AvgIpc) is 2.13. The summed E-state index contributed by atoms with van der Waals surface area (Å²) >= 11 is 0. The van der Waals surface area contributed by atoms with Gasteiger partial charge in [0.2, 0.25) is 0 Å². The zero-order valence-corrected chi connectivity index (χ0v) is 7.57. The fourth-order valence-electron chi connectivity index (χ4n) is 1.65. The predicted molar refractivity (Wildman–Crippen MR) is 50.5 cm³/mol.